The maximum absolute atomic E-state index is 12.1. The monoisotopic (exact) mass is 454 g/mol. The standard InChI is InChI=1S/C19H17Cl3N4O3/c1-10(6-17(27)23-14-8-12(20)7-13(21)9-14)25-26-19(29)18(28)24-16-5-3-4-15(22)11(16)2/h3-5,7-9H,6H2,1-2H3,(H,23,27)(H,24,28)(H,26,29). The number of carbonyl (C=O) groups excluding carboxylic acids is 3. The Hall–Kier alpha value is -2.61. The molecule has 152 valence electrons. The summed E-state index contributed by atoms with van der Waals surface area (Å²) >= 11 is 17.7. The first-order valence-corrected chi connectivity index (χ1v) is 9.44. The zero-order valence-corrected chi connectivity index (χ0v) is 17.7. The average molecular weight is 456 g/mol. The van der Waals surface area contributed by atoms with Gasteiger partial charge in [-0.1, -0.05) is 40.9 Å². The van der Waals surface area contributed by atoms with Crippen LogP contribution < -0.4 is 16.1 Å². The molecule has 0 unspecified atom stereocenters. The lowest BCUT2D eigenvalue weighted by atomic mass is 10.2. The van der Waals surface area contributed by atoms with E-state index >= 15 is 0 Å². The summed E-state index contributed by atoms with van der Waals surface area (Å²) in [4.78, 5) is 35.9. The van der Waals surface area contributed by atoms with Gasteiger partial charge in [-0.25, -0.2) is 5.43 Å². The zero-order chi connectivity index (χ0) is 21.6. The Kier molecular flexibility index (Phi) is 8.01. The van der Waals surface area contributed by atoms with Gasteiger partial charge in [0.2, 0.25) is 5.91 Å². The van der Waals surface area contributed by atoms with Gasteiger partial charge in [-0.3, -0.25) is 14.4 Å². The van der Waals surface area contributed by atoms with Crippen LogP contribution in [-0.4, -0.2) is 23.4 Å². The molecule has 2 aromatic carbocycles. The molecule has 0 aliphatic heterocycles. The molecule has 10 heteroatoms. The Morgan fingerprint density at radius 2 is 1.62 bits per heavy atom. The number of benzene rings is 2. The lowest BCUT2D eigenvalue weighted by Gasteiger charge is -2.09. The molecule has 0 fully saturated rings. The summed E-state index contributed by atoms with van der Waals surface area (Å²) in [5.74, 6) is -2.28. The number of nitrogens with one attached hydrogen (secondary N) is 3. The Morgan fingerprint density at radius 3 is 2.28 bits per heavy atom. The number of hydrogen-bond donors (Lipinski definition) is 3. The summed E-state index contributed by atoms with van der Waals surface area (Å²) in [5, 5.41) is 10.1. The molecule has 0 aromatic heterocycles. The normalized spacial score (nSPS) is 11.0. The van der Waals surface area contributed by atoms with Crippen molar-refractivity contribution in [2.24, 2.45) is 5.10 Å². The van der Waals surface area contributed by atoms with Crippen LogP contribution in [0.2, 0.25) is 15.1 Å². The third-order valence-corrected chi connectivity index (χ3v) is 4.48. The predicted octanol–water partition coefficient (Wildman–Crippen LogP) is 4.41. The second kappa shape index (κ2) is 10.2. The van der Waals surface area contributed by atoms with E-state index in [1.54, 1.807) is 37.3 Å². The highest BCUT2D eigenvalue weighted by molar-refractivity contribution is 6.40. The number of rotatable bonds is 5. The first kappa shape index (κ1) is 22.7. The van der Waals surface area contributed by atoms with Gasteiger partial charge in [0.25, 0.3) is 0 Å². The SMILES string of the molecule is CC(CC(=O)Nc1cc(Cl)cc(Cl)c1)=NNC(=O)C(=O)Nc1cccc(Cl)c1C. The number of hydrazone groups is 1. The first-order valence-electron chi connectivity index (χ1n) is 8.31. The van der Waals surface area contributed by atoms with Gasteiger partial charge in [-0.15, -0.1) is 0 Å². The van der Waals surface area contributed by atoms with E-state index in [-0.39, 0.29) is 12.1 Å². The molecule has 3 amide bonds. The molecule has 2 rings (SSSR count). The largest absolute Gasteiger partial charge is 0.329 e. The first-order chi connectivity index (χ1) is 13.7. The summed E-state index contributed by atoms with van der Waals surface area (Å²) in [6.45, 7) is 3.24. The molecule has 0 atom stereocenters. The van der Waals surface area contributed by atoms with Gasteiger partial charge in [0.15, 0.2) is 0 Å². The molecule has 7 nitrogen and oxygen atoms in total. The van der Waals surface area contributed by atoms with Crippen LogP contribution >= 0.6 is 34.8 Å². The molecule has 0 heterocycles. The molecular weight excluding hydrogens is 439 g/mol. The Bertz CT molecular complexity index is 972. The number of halogens is 3. The minimum absolute atomic E-state index is 0.112. The van der Waals surface area contributed by atoms with Gasteiger partial charge in [0, 0.05) is 32.2 Å². The molecule has 29 heavy (non-hydrogen) atoms. The molecule has 2 aromatic rings. The molecule has 0 aliphatic rings. The van der Waals surface area contributed by atoms with Crippen LogP contribution in [0.1, 0.15) is 18.9 Å². The van der Waals surface area contributed by atoms with Crippen molar-refractivity contribution in [3.8, 4) is 0 Å². The minimum atomic E-state index is -0.981. The molecular formula is C19H17Cl3N4O3. The van der Waals surface area contributed by atoms with Gasteiger partial charge in [-0.05, 0) is 49.7 Å². The number of nitrogens with zero attached hydrogens (tertiary/aromatic N) is 1. The van der Waals surface area contributed by atoms with Crippen LogP contribution in [-0.2, 0) is 14.4 Å². The summed E-state index contributed by atoms with van der Waals surface area (Å²) in [5.41, 5.74) is 3.87. The van der Waals surface area contributed by atoms with Crippen molar-refractivity contribution < 1.29 is 14.4 Å². The maximum atomic E-state index is 12.1. The highest BCUT2D eigenvalue weighted by Crippen LogP contribution is 2.23. The fourth-order valence-electron chi connectivity index (χ4n) is 2.22. The molecule has 0 spiro atoms. The van der Waals surface area contributed by atoms with Crippen molar-refractivity contribution >= 4 is 69.6 Å². The fourth-order valence-corrected chi connectivity index (χ4v) is 2.92. The second-order valence-electron chi connectivity index (χ2n) is 6.04. The maximum Gasteiger partial charge on any atom is 0.329 e. The predicted molar refractivity (Wildman–Crippen MR) is 116 cm³/mol. The van der Waals surface area contributed by atoms with Crippen molar-refractivity contribution in [2.45, 2.75) is 20.3 Å². The number of amides is 3. The molecule has 0 bridgehead atoms. The van der Waals surface area contributed by atoms with E-state index < -0.39 is 17.7 Å². The van der Waals surface area contributed by atoms with E-state index in [4.69, 9.17) is 34.8 Å². The van der Waals surface area contributed by atoms with Crippen LogP contribution in [0.25, 0.3) is 0 Å². The van der Waals surface area contributed by atoms with E-state index in [0.29, 0.717) is 32.0 Å². The van der Waals surface area contributed by atoms with Crippen LogP contribution in [0.4, 0.5) is 11.4 Å². The van der Waals surface area contributed by atoms with Crippen molar-refractivity contribution in [1.82, 2.24) is 5.43 Å². The molecule has 0 radical (unpaired) electrons. The quantitative estimate of drug-likeness (QED) is 0.353. The highest BCUT2D eigenvalue weighted by atomic mass is 35.5. The van der Waals surface area contributed by atoms with Crippen molar-refractivity contribution in [1.29, 1.82) is 0 Å². The Labute approximate surface area is 182 Å². The Morgan fingerprint density at radius 1 is 0.966 bits per heavy atom. The van der Waals surface area contributed by atoms with Gasteiger partial charge in [-0.2, -0.15) is 5.10 Å². The summed E-state index contributed by atoms with van der Waals surface area (Å²) in [6, 6.07) is 9.56. The van der Waals surface area contributed by atoms with Crippen molar-refractivity contribution in [3.63, 3.8) is 0 Å². The number of hydrogen-bond acceptors (Lipinski definition) is 4. The summed E-state index contributed by atoms with van der Waals surface area (Å²) < 4.78 is 0. The lowest BCUT2D eigenvalue weighted by Crippen LogP contribution is -2.33. The van der Waals surface area contributed by atoms with Gasteiger partial charge < -0.3 is 10.6 Å². The smallest absolute Gasteiger partial charge is 0.326 e. The number of carbonyl (C=O) groups is 3. The van der Waals surface area contributed by atoms with Crippen molar-refractivity contribution in [2.75, 3.05) is 10.6 Å². The minimum Gasteiger partial charge on any atom is -0.326 e. The summed E-state index contributed by atoms with van der Waals surface area (Å²) in [7, 11) is 0. The van der Waals surface area contributed by atoms with E-state index in [2.05, 4.69) is 21.2 Å². The van der Waals surface area contributed by atoms with Gasteiger partial charge >= 0.3 is 11.8 Å². The number of anilines is 2. The second-order valence-corrected chi connectivity index (χ2v) is 7.32. The third kappa shape index (κ3) is 7.05. The van der Waals surface area contributed by atoms with Crippen LogP contribution in [0.15, 0.2) is 41.5 Å². The van der Waals surface area contributed by atoms with E-state index in [0.717, 1.165) is 0 Å². The average Bonchev–Trinajstić information content (AvgIpc) is 2.62. The van der Waals surface area contributed by atoms with Gasteiger partial charge in [0.05, 0.1) is 6.42 Å². The molecule has 0 saturated heterocycles. The highest BCUT2D eigenvalue weighted by Gasteiger charge is 2.15. The van der Waals surface area contributed by atoms with Crippen LogP contribution in [0.3, 0.4) is 0 Å². The van der Waals surface area contributed by atoms with Crippen molar-refractivity contribution in [3.05, 3.63) is 57.0 Å². The van der Waals surface area contributed by atoms with E-state index in [9.17, 15) is 14.4 Å². The van der Waals surface area contributed by atoms with Gasteiger partial charge in [0.1, 0.15) is 0 Å². The van der Waals surface area contributed by atoms with Crippen LogP contribution in [0, 0.1) is 6.92 Å². The molecule has 0 aliphatic carbocycles. The fraction of sp³-hybridized carbons (Fsp3) is 0.158. The third-order valence-electron chi connectivity index (χ3n) is 3.63. The lowest BCUT2D eigenvalue weighted by molar-refractivity contribution is -0.136. The topological polar surface area (TPSA) is 99.7 Å². The molecule has 3 N–H and O–H groups in total. The van der Waals surface area contributed by atoms with Crippen LogP contribution in [0.5, 0.6) is 0 Å². The van der Waals surface area contributed by atoms with E-state index in [1.165, 1.54) is 13.0 Å². The summed E-state index contributed by atoms with van der Waals surface area (Å²) in [6.07, 6.45) is -0.112. The molecule has 0 saturated carbocycles. The zero-order valence-electron chi connectivity index (χ0n) is 15.5. The van der Waals surface area contributed by atoms with E-state index in [1.807, 2.05) is 0 Å². The Balaban J connectivity index is 1.89.